The van der Waals surface area contributed by atoms with Crippen LogP contribution in [0.4, 0.5) is 0 Å². The summed E-state index contributed by atoms with van der Waals surface area (Å²) in [5.41, 5.74) is 10.2. The van der Waals surface area contributed by atoms with Gasteiger partial charge in [-0.3, -0.25) is 4.98 Å². The first-order valence-electron chi connectivity index (χ1n) is 21.5. The molecule has 11 rings (SSSR count). The molecule has 0 unspecified atom stereocenters. The molecule has 0 atom stereocenters. The van der Waals surface area contributed by atoms with Gasteiger partial charge in [-0.05, 0) is 38.6 Å². The number of thiophene rings is 1. The van der Waals surface area contributed by atoms with E-state index in [9.17, 15) is 0 Å². The zero-order valence-electron chi connectivity index (χ0n) is 36.1. The van der Waals surface area contributed by atoms with E-state index in [4.69, 9.17) is 9.97 Å². The van der Waals surface area contributed by atoms with Crippen LogP contribution >= 0.6 is 11.3 Å². The summed E-state index contributed by atoms with van der Waals surface area (Å²) in [7, 11) is 0. The van der Waals surface area contributed by atoms with Gasteiger partial charge in [-0.25, -0.2) is 0 Å². The summed E-state index contributed by atoms with van der Waals surface area (Å²) in [6.07, 6.45) is 3.27. The molecule has 0 N–H and O–H groups in total. The van der Waals surface area contributed by atoms with Crippen molar-refractivity contribution in [3.05, 3.63) is 194 Å². The van der Waals surface area contributed by atoms with Crippen molar-refractivity contribution >= 4 is 81.7 Å². The Kier molecular flexibility index (Phi) is 12.1. The second-order valence-electron chi connectivity index (χ2n) is 17.5. The summed E-state index contributed by atoms with van der Waals surface area (Å²) in [5.74, 6) is 8.89. The zero-order chi connectivity index (χ0) is 42.4. The molecule has 8 aromatic carbocycles. The van der Waals surface area contributed by atoms with E-state index in [2.05, 4.69) is 206 Å². The number of nitrogens with zero attached hydrogens (tertiary/aromatic N) is 3. The Morgan fingerprint density at radius 3 is 2.06 bits per heavy atom. The normalized spacial score (nSPS) is 11.7. The van der Waals surface area contributed by atoms with Gasteiger partial charge in [0.15, 0.2) is 0 Å². The predicted molar refractivity (Wildman–Crippen MR) is 269 cm³/mol. The molecule has 0 aliphatic carbocycles. The molecule has 63 heavy (non-hydrogen) atoms. The largest absolute Gasteiger partial charge is 0.332 e. The molecule has 3 nitrogen and oxygen atoms in total. The number of rotatable bonds is 7. The van der Waals surface area contributed by atoms with Crippen molar-refractivity contribution in [1.82, 2.24) is 14.5 Å². The molecule has 0 fully saturated rings. The van der Waals surface area contributed by atoms with Crippen LogP contribution in [0.3, 0.4) is 0 Å². The third kappa shape index (κ3) is 8.32. The number of fused-ring (bicyclic) bond motifs is 7. The molecule has 311 valence electrons. The van der Waals surface area contributed by atoms with Gasteiger partial charge in [0.25, 0.3) is 0 Å². The minimum Gasteiger partial charge on any atom is -0.332 e. The van der Waals surface area contributed by atoms with Crippen molar-refractivity contribution < 1.29 is 20.1 Å². The summed E-state index contributed by atoms with van der Waals surface area (Å²) in [6, 6.07) is 67.1. The van der Waals surface area contributed by atoms with E-state index < -0.39 is 13.3 Å². The molecular formula is C57H47GeIrN3S-2. The molecule has 0 spiro atoms. The van der Waals surface area contributed by atoms with E-state index in [0.717, 1.165) is 51.2 Å². The van der Waals surface area contributed by atoms with Crippen molar-refractivity contribution in [1.29, 1.82) is 0 Å². The van der Waals surface area contributed by atoms with Crippen LogP contribution in [0.15, 0.2) is 176 Å². The van der Waals surface area contributed by atoms with Gasteiger partial charge in [-0.1, -0.05) is 121 Å². The van der Waals surface area contributed by atoms with Crippen molar-refractivity contribution in [3.8, 4) is 39.5 Å². The minimum atomic E-state index is -1.86. The van der Waals surface area contributed by atoms with E-state index in [1.165, 1.54) is 53.0 Å². The third-order valence-corrected chi connectivity index (χ3v) is 17.2. The fraction of sp³-hybridized carbons (Fsp3) is 0.123. The first kappa shape index (κ1) is 42.6. The summed E-state index contributed by atoms with van der Waals surface area (Å²) in [5, 5.41) is 7.24. The summed E-state index contributed by atoms with van der Waals surface area (Å²) in [4.78, 5) is 10.1. The summed E-state index contributed by atoms with van der Waals surface area (Å²) < 4.78 is 6.44. The maximum atomic E-state index is 5.44. The van der Waals surface area contributed by atoms with Crippen molar-refractivity contribution in [2.45, 2.75) is 37.5 Å². The monoisotopic (exact) mass is 1070 g/mol. The van der Waals surface area contributed by atoms with Crippen LogP contribution in [0, 0.1) is 18.1 Å². The number of hydrogen-bond donors (Lipinski definition) is 0. The molecule has 0 bridgehead atoms. The van der Waals surface area contributed by atoms with Crippen LogP contribution in [0.5, 0.6) is 0 Å². The molecule has 0 saturated heterocycles. The molecule has 11 aromatic rings. The maximum absolute atomic E-state index is 5.44. The van der Waals surface area contributed by atoms with Gasteiger partial charge in [-0.15, -0.1) is 23.8 Å². The number of imidazole rings is 1. The van der Waals surface area contributed by atoms with Crippen LogP contribution in [0.2, 0.25) is 17.3 Å². The molecule has 0 aliphatic rings. The topological polar surface area (TPSA) is 30.7 Å². The Morgan fingerprint density at radius 1 is 0.635 bits per heavy atom. The van der Waals surface area contributed by atoms with Crippen LogP contribution in [0.25, 0.3) is 92.2 Å². The first-order chi connectivity index (χ1) is 30.2. The van der Waals surface area contributed by atoms with E-state index >= 15 is 0 Å². The number of pyridine rings is 1. The molecule has 1 radical (unpaired) electrons. The Balaban J connectivity index is 0.000000204. The van der Waals surface area contributed by atoms with E-state index in [1.807, 2.05) is 29.5 Å². The van der Waals surface area contributed by atoms with E-state index in [-0.39, 0.29) is 20.1 Å². The SMILES string of the molecule is CC(C)Cc1cc(-c2[c-]cccc2)nc[c]1[Ge]([CH3])([CH3])[CH3].[Ir].[c-]1cc2sc3ccccc3c2cc1-c1nc2c3ccccc3ccc2n1-c1c(-c2ccccc2)ccc2ccccc12. The summed E-state index contributed by atoms with van der Waals surface area (Å²) >= 11 is -0.0419. The number of hydrogen-bond acceptors (Lipinski definition) is 3. The third-order valence-electron chi connectivity index (χ3n) is 11.7. The maximum Gasteiger partial charge on any atom is 0.0852 e. The second-order valence-corrected chi connectivity index (χ2v) is 29.2. The van der Waals surface area contributed by atoms with Gasteiger partial charge in [0.1, 0.15) is 0 Å². The Hall–Kier alpha value is -5.69. The molecule has 0 aliphatic heterocycles. The molecule has 6 heteroatoms. The van der Waals surface area contributed by atoms with Crippen LogP contribution in [0.1, 0.15) is 19.4 Å². The van der Waals surface area contributed by atoms with Crippen LogP contribution < -0.4 is 4.40 Å². The molecule has 3 aromatic heterocycles. The van der Waals surface area contributed by atoms with E-state index in [0.29, 0.717) is 5.92 Å². The Labute approximate surface area is 390 Å². The van der Waals surface area contributed by atoms with Crippen molar-refractivity contribution in [2.75, 3.05) is 0 Å². The predicted octanol–water partition coefficient (Wildman–Crippen LogP) is 15.1. The van der Waals surface area contributed by atoms with Gasteiger partial charge in [-0.2, -0.15) is 11.3 Å². The van der Waals surface area contributed by atoms with Crippen molar-refractivity contribution in [3.63, 3.8) is 0 Å². The zero-order valence-corrected chi connectivity index (χ0v) is 41.4. The van der Waals surface area contributed by atoms with Crippen molar-refractivity contribution in [2.24, 2.45) is 5.92 Å². The standard InChI is InChI=1S/C39H23N2S.C18H24GeN.Ir/c1-2-10-25(11-3-1)31-21-18-27-13-5-7-15-30(27)38(31)41-34-22-19-26-12-4-6-14-29(26)37(34)40-39(41)28-20-23-36-33(24-28)32-16-8-9-17-35(32)42-36;1-14(2)11-16-12-18(15-9-7-6-8-10-15)20-13-17(16)19(3,4)5;/h1-19,21-24H;6-9,12-14H,11H2,1-5H3;/q2*-1;. The fourth-order valence-electron chi connectivity index (χ4n) is 8.85. The van der Waals surface area contributed by atoms with Crippen LogP contribution in [-0.4, -0.2) is 27.8 Å². The minimum absolute atomic E-state index is 0. The second kappa shape index (κ2) is 17.8. The Bertz CT molecular complexity index is 3400. The van der Waals surface area contributed by atoms with Gasteiger partial charge in [0.2, 0.25) is 0 Å². The first-order valence-corrected chi connectivity index (χ1v) is 29.6. The van der Waals surface area contributed by atoms with Gasteiger partial charge in [0, 0.05) is 41.1 Å². The number of benzene rings is 8. The molecular weight excluding hydrogens is 1020 g/mol. The van der Waals surface area contributed by atoms with Gasteiger partial charge >= 0.3 is 126 Å². The summed E-state index contributed by atoms with van der Waals surface area (Å²) in [6.45, 7) is 4.57. The Morgan fingerprint density at radius 2 is 1.32 bits per heavy atom. The van der Waals surface area contributed by atoms with Gasteiger partial charge in [0.05, 0.1) is 22.5 Å². The number of aromatic nitrogens is 3. The fourth-order valence-corrected chi connectivity index (χ4v) is 13.2. The van der Waals surface area contributed by atoms with E-state index in [1.54, 1.807) is 4.40 Å². The average molecular weight is 1070 g/mol. The van der Waals surface area contributed by atoms with Gasteiger partial charge < -0.3 is 4.57 Å². The smallest absolute Gasteiger partial charge is 0.0852 e. The quantitative estimate of drug-likeness (QED) is 0.118. The average Bonchev–Trinajstić information content (AvgIpc) is 3.87. The molecule has 0 saturated carbocycles. The molecule has 0 amide bonds. The molecule has 3 heterocycles. The van der Waals surface area contributed by atoms with Crippen LogP contribution in [-0.2, 0) is 26.5 Å².